The van der Waals surface area contributed by atoms with Crippen molar-refractivity contribution in [1.82, 2.24) is 14.8 Å². The van der Waals surface area contributed by atoms with Gasteiger partial charge >= 0.3 is 0 Å². The molecular formula is C23H29N3O4. The number of ether oxygens (including phenoxy) is 1. The lowest BCUT2D eigenvalue weighted by Gasteiger charge is -2.26. The van der Waals surface area contributed by atoms with Gasteiger partial charge < -0.3 is 14.6 Å². The van der Waals surface area contributed by atoms with Crippen LogP contribution in [0.5, 0.6) is 0 Å². The Morgan fingerprint density at radius 1 is 1.10 bits per heavy atom. The van der Waals surface area contributed by atoms with Crippen LogP contribution in [0.1, 0.15) is 45.5 Å². The number of benzene rings is 1. The Hall–Kier alpha value is -2.77. The number of unbranched alkanes of at least 4 members (excludes halogenated alkanes) is 1. The third kappa shape index (κ3) is 5.87. The fourth-order valence-corrected chi connectivity index (χ4v) is 3.57. The maximum absolute atomic E-state index is 12.8. The topological polar surface area (TPSA) is 80.6 Å². The van der Waals surface area contributed by atoms with Crippen molar-refractivity contribution in [3.05, 3.63) is 69.6 Å². The Bertz CT molecular complexity index is 918. The molecule has 1 aromatic heterocycles. The number of nitrogens with one attached hydrogen (secondary N) is 1. The van der Waals surface area contributed by atoms with Crippen LogP contribution in [-0.4, -0.2) is 61.1 Å². The van der Waals surface area contributed by atoms with Gasteiger partial charge in [0.15, 0.2) is 5.78 Å². The van der Waals surface area contributed by atoms with E-state index in [4.69, 9.17) is 4.74 Å². The lowest BCUT2D eigenvalue weighted by atomic mass is 10.0. The minimum atomic E-state index is -0.483. The van der Waals surface area contributed by atoms with Gasteiger partial charge in [-0.1, -0.05) is 30.3 Å². The molecule has 1 fully saturated rings. The highest BCUT2D eigenvalue weighted by Crippen LogP contribution is 2.11. The highest BCUT2D eigenvalue weighted by Gasteiger charge is 2.17. The van der Waals surface area contributed by atoms with E-state index in [0.29, 0.717) is 18.5 Å². The number of ketones is 1. The SMILES string of the molecule is CNC(=O)c1cc(C(=O)CCCCN2CCOCC2)cn(Cc2ccccc2)c1=O. The van der Waals surface area contributed by atoms with E-state index in [9.17, 15) is 14.4 Å². The number of hydrogen-bond donors (Lipinski definition) is 1. The van der Waals surface area contributed by atoms with E-state index in [1.807, 2.05) is 30.3 Å². The minimum Gasteiger partial charge on any atom is -0.379 e. The van der Waals surface area contributed by atoms with Crippen LogP contribution >= 0.6 is 0 Å². The lowest BCUT2D eigenvalue weighted by molar-refractivity contribution is 0.0371. The number of carbonyl (C=O) groups excluding carboxylic acids is 2. The van der Waals surface area contributed by atoms with Crippen molar-refractivity contribution in [2.75, 3.05) is 39.9 Å². The van der Waals surface area contributed by atoms with Gasteiger partial charge in [0.2, 0.25) is 0 Å². The van der Waals surface area contributed by atoms with Crippen LogP contribution in [0.4, 0.5) is 0 Å². The highest BCUT2D eigenvalue weighted by molar-refractivity contribution is 6.00. The van der Waals surface area contributed by atoms with Gasteiger partial charge in [-0.05, 0) is 31.0 Å². The highest BCUT2D eigenvalue weighted by atomic mass is 16.5. The Morgan fingerprint density at radius 2 is 1.83 bits per heavy atom. The maximum atomic E-state index is 12.8. The molecule has 2 heterocycles. The molecule has 1 aliphatic rings. The van der Waals surface area contributed by atoms with Gasteiger partial charge in [-0.2, -0.15) is 0 Å². The second-order valence-electron chi connectivity index (χ2n) is 7.47. The van der Waals surface area contributed by atoms with Crippen LogP contribution in [-0.2, 0) is 11.3 Å². The average molecular weight is 412 g/mol. The minimum absolute atomic E-state index is 0.00685. The van der Waals surface area contributed by atoms with Gasteiger partial charge in [0.05, 0.1) is 19.8 Å². The molecule has 1 aromatic carbocycles. The zero-order valence-electron chi connectivity index (χ0n) is 17.4. The molecule has 0 radical (unpaired) electrons. The molecule has 1 N–H and O–H groups in total. The van der Waals surface area contributed by atoms with E-state index in [2.05, 4.69) is 10.2 Å². The number of carbonyl (C=O) groups is 2. The summed E-state index contributed by atoms with van der Waals surface area (Å²) in [5, 5.41) is 2.49. The molecule has 2 aromatic rings. The number of pyridine rings is 1. The van der Waals surface area contributed by atoms with Gasteiger partial charge in [0.25, 0.3) is 11.5 Å². The summed E-state index contributed by atoms with van der Waals surface area (Å²) < 4.78 is 6.79. The monoisotopic (exact) mass is 411 g/mol. The Balaban J connectivity index is 1.70. The first-order chi connectivity index (χ1) is 14.6. The summed E-state index contributed by atoms with van der Waals surface area (Å²) >= 11 is 0. The average Bonchev–Trinajstić information content (AvgIpc) is 2.78. The number of amides is 1. The molecule has 0 saturated carbocycles. The summed E-state index contributed by atoms with van der Waals surface area (Å²) in [6.07, 6.45) is 3.66. The normalized spacial score (nSPS) is 14.4. The molecule has 0 spiro atoms. The number of hydrogen-bond acceptors (Lipinski definition) is 5. The summed E-state index contributed by atoms with van der Waals surface area (Å²) in [7, 11) is 1.48. The molecule has 1 saturated heterocycles. The fraction of sp³-hybridized carbons (Fsp3) is 0.435. The van der Waals surface area contributed by atoms with Crippen LogP contribution in [0.15, 0.2) is 47.4 Å². The van der Waals surface area contributed by atoms with Crippen molar-refractivity contribution in [2.45, 2.75) is 25.8 Å². The van der Waals surface area contributed by atoms with Gasteiger partial charge in [-0.15, -0.1) is 0 Å². The number of rotatable bonds is 9. The molecule has 30 heavy (non-hydrogen) atoms. The van der Waals surface area contributed by atoms with Gasteiger partial charge in [0, 0.05) is 38.3 Å². The smallest absolute Gasteiger partial charge is 0.263 e. The first-order valence-corrected chi connectivity index (χ1v) is 10.4. The molecule has 0 atom stereocenters. The molecule has 3 rings (SSSR count). The zero-order valence-corrected chi connectivity index (χ0v) is 17.4. The van der Waals surface area contributed by atoms with Crippen molar-refractivity contribution < 1.29 is 14.3 Å². The van der Waals surface area contributed by atoms with Gasteiger partial charge in [0.1, 0.15) is 5.56 Å². The van der Waals surface area contributed by atoms with E-state index in [1.54, 1.807) is 6.20 Å². The molecule has 0 bridgehead atoms. The quantitative estimate of drug-likeness (QED) is 0.504. The third-order valence-electron chi connectivity index (χ3n) is 5.31. The standard InChI is InChI=1S/C23H29N3O4/c1-24-22(28)20-15-19(17-26(23(20)29)16-18-7-3-2-4-8-18)21(27)9-5-6-10-25-11-13-30-14-12-25/h2-4,7-8,15,17H,5-6,9-14,16H2,1H3,(H,24,28). The number of nitrogens with zero attached hydrogens (tertiary/aromatic N) is 2. The Kier molecular flexibility index (Phi) is 7.93. The molecule has 0 unspecified atom stereocenters. The molecule has 1 amide bonds. The van der Waals surface area contributed by atoms with Crippen molar-refractivity contribution in [3.8, 4) is 0 Å². The number of aromatic nitrogens is 1. The Morgan fingerprint density at radius 3 is 2.53 bits per heavy atom. The number of morpholine rings is 1. The maximum Gasteiger partial charge on any atom is 0.263 e. The second-order valence-corrected chi connectivity index (χ2v) is 7.47. The molecular weight excluding hydrogens is 382 g/mol. The summed E-state index contributed by atoms with van der Waals surface area (Å²) in [6.45, 7) is 4.67. The predicted octanol–water partition coefficient (Wildman–Crippen LogP) is 1.94. The molecule has 1 aliphatic heterocycles. The van der Waals surface area contributed by atoms with Crippen molar-refractivity contribution in [2.24, 2.45) is 0 Å². The summed E-state index contributed by atoms with van der Waals surface area (Å²) in [6, 6.07) is 10.9. The van der Waals surface area contributed by atoms with Gasteiger partial charge in [-0.25, -0.2) is 0 Å². The summed E-state index contributed by atoms with van der Waals surface area (Å²) in [4.78, 5) is 40.1. The van der Waals surface area contributed by atoms with E-state index in [1.165, 1.54) is 17.7 Å². The molecule has 160 valence electrons. The zero-order chi connectivity index (χ0) is 21.3. The predicted molar refractivity (Wildman–Crippen MR) is 115 cm³/mol. The van der Waals surface area contributed by atoms with Crippen molar-refractivity contribution in [1.29, 1.82) is 0 Å². The van der Waals surface area contributed by atoms with Gasteiger partial charge in [-0.3, -0.25) is 19.3 Å². The third-order valence-corrected chi connectivity index (χ3v) is 5.31. The molecule has 0 aliphatic carbocycles. The van der Waals surface area contributed by atoms with Crippen LogP contribution in [0.25, 0.3) is 0 Å². The van der Waals surface area contributed by atoms with E-state index in [-0.39, 0.29) is 11.3 Å². The molecule has 7 nitrogen and oxygen atoms in total. The fourth-order valence-electron chi connectivity index (χ4n) is 3.57. The summed E-state index contributed by atoms with van der Waals surface area (Å²) in [5.41, 5.74) is 0.919. The van der Waals surface area contributed by atoms with Crippen LogP contribution in [0.3, 0.4) is 0 Å². The van der Waals surface area contributed by atoms with Crippen molar-refractivity contribution >= 4 is 11.7 Å². The number of Topliss-reactive ketones (excluding diaryl/α,β-unsaturated/α-hetero) is 1. The van der Waals surface area contributed by atoms with E-state index in [0.717, 1.165) is 51.3 Å². The van der Waals surface area contributed by atoms with Crippen molar-refractivity contribution in [3.63, 3.8) is 0 Å². The largest absolute Gasteiger partial charge is 0.379 e. The second kappa shape index (κ2) is 10.8. The van der Waals surface area contributed by atoms with E-state index < -0.39 is 11.5 Å². The molecule has 7 heteroatoms. The van der Waals surface area contributed by atoms with Crippen LogP contribution in [0.2, 0.25) is 0 Å². The summed E-state index contributed by atoms with van der Waals surface area (Å²) in [5.74, 6) is -0.535. The van der Waals surface area contributed by atoms with E-state index >= 15 is 0 Å². The Labute approximate surface area is 176 Å². The van der Waals surface area contributed by atoms with Crippen LogP contribution in [0, 0.1) is 0 Å². The lowest BCUT2D eigenvalue weighted by Crippen LogP contribution is -2.36. The van der Waals surface area contributed by atoms with Crippen LogP contribution < -0.4 is 10.9 Å². The first kappa shape index (κ1) is 21.9. The first-order valence-electron chi connectivity index (χ1n) is 10.4.